The van der Waals surface area contributed by atoms with Crippen molar-refractivity contribution >= 4 is 29.0 Å². The van der Waals surface area contributed by atoms with Gasteiger partial charge in [0.25, 0.3) is 0 Å². The van der Waals surface area contributed by atoms with Crippen molar-refractivity contribution in [1.82, 2.24) is 9.78 Å². The van der Waals surface area contributed by atoms with Crippen molar-refractivity contribution in [3.63, 3.8) is 0 Å². The van der Waals surface area contributed by atoms with E-state index in [0.29, 0.717) is 17.1 Å². The minimum absolute atomic E-state index is 0.0387. The van der Waals surface area contributed by atoms with Gasteiger partial charge in [-0.1, -0.05) is 36.2 Å². The van der Waals surface area contributed by atoms with Crippen molar-refractivity contribution in [3.05, 3.63) is 51.0 Å². The van der Waals surface area contributed by atoms with Crippen molar-refractivity contribution in [2.45, 2.75) is 19.8 Å². The summed E-state index contributed by atoms with van der Waals surface area (Å²) in [6, 6.07) is 4.16. The lowest BCUT2D eigenvalue weighted by Crippen LogP contribution is -2.10. The van der Waals surface area contributed by atoms with Crippen molar-refractivity contribution in [2.24, 2.45) is 7.05 Å². The summed E-state index contributed by atoms with van der Waals surface area (Å²) in [7, 11) is 1.70. The second kappa shape index (κ2) is 5.94. The summed E-state index contributed by atoms with van der Waals surface area (Å²) >= 11 is 12.1. The summed E-state index contributed by atoms with van der Waals surface area (Å²) in [4.78, 5) is 12.2. The van der Waals surface area contributed by atoms with E-state index in [4.69, 9.17) is 23.2 Å². The van der Waals surface area contributed by atoms with Crippen molar-refractivity contribution in [2.75, 3.05) is 0 Å². The van der Waals surface area contributed by atoms with Crippen LogP contribution in [0.1, 0.15) is 28.7 Å². The van der Waals surface area contributed by atoms with Gasteiger partial charge in [0.2, 0.25) is 0 Å². The van der Waals surface area contributed by atoms with Gasteiger partial charge in [-0.3, -0.25) is 9.48 Å². The molecule has 0 atom stereocenters. The number of aryl methyl sites for hydroxylation is 2. The van der Waals surface area contributed by atoms with Crippen LogP contribution in [0.4, 0.5) is 4.39 Å². The standard InChI is InChI=1S/C14H13Cl2FN2O/c1-3-10-14(16)11(19(2)18-10)7-12(20)13-8(15)5-4-6-9(13)17/h4-6H,3,7H2,1-2H3. The number of hydrogen-bond donors (Lipinski definition) is 0. The van der Waals surface area contributed by atoms with Gasteiger partial charge in [-0.25, -0.2) is 4.39 Å². The molecule has 0 aliphatic heterocycles. The van der Waals surface area contributed by atoms with E-state index in [2.05, 4.69) is 5.10 Å². The van der Waals surface area contributed by atoms with Crippen LogP contribution in [-0.4, -0.2) is 15.6 Å². The highest BCUT2D eigenvalue weighted by Gasteiger charge is 2.21. The fourth-order valence-electron chi connectivity index (χ4n) is 2.02. The monoisotopic (exact) mass is 314 g/mol. The lowest BCUT2D eigenvalue weighted by Gasteiger charge is -2.06. The zero-order valence-electron chi connectivity index (χ0n) is 11.1. The molecule has 0 unspecified atom stereocenters. The minimum atomic E-state index is -0.628. The number of aromatic nitrogens is 2. The Hall–Kier alpha value is -1.39. The molecule has 0 aliphatic rings. The first-order valence-corrected chi connectivity index (χ1v) is 6.88. The molecule has 20 heavy (non-hydrogen) atoms. The van der Waals surface area contributed by atoms with Crippen LogP contribution in [0.15, 0.2) is 18.2 Å². The predicted molar refractivity (Wildman–Crippen MR) is 77.0 cm³/mol. The molecule has 6 heteroatoms. The quantitative estimate of drug-likeness (QED) is 0.803. The Morgan fingerprint density at radius 3 is 2.65 bits per heavy atom. The van der Waals surface area contributed by atoms with Gasteiger partial charge in [0, 0.05) is 7.05 Å². The molecule has 0 N–H and O–H groups in total. The molecule has 0 saturated carbocycles. The molecular weight excluding hydrogens is 302 g/mol. The number of nitrogens with zero attached hydrogens (tertiary/aromatic N) is 2. The Labute approximate surface area is 126 Å². The zero-order chi connectivity index (χ0) is 14.9. The molecule has 0 radical (unpaired) electrons. The number of carbonyl (C=O) groups excluding carboxylic acids is 1. The van der Waals surface area contributed by atoms with Crippen LogP contribution in [0.25, 0.3) is 0 Å². The second-order valence-corrected chi connectivity index (χ2v) is 5.17. The van der Waals surface area contributed by atoms with Crippen LogP contribution in [-0.2, 0) is 19.9 Å². The van der Waals surface area contributed by atoms with Crippen LogP contribution in [0.5, 0.6) is 0 Å². The maximum Gasteiger partial charge on any atom is 0.173 e. The molecule has 0 saturated heterocycles. The minimum Gasteiger partial charge on any atom is -0.294 e. The van der Waals surface area contributed by atoms with Gasteiger partial charge in [-0.15, -0.1) is 0 Å². The summed E-state index contributed by atoms with van der Waals surface area (Å²) in [6.07, 6.45) is 0.629. The van der Waals surface area contributed by atoms with E-state index in [0.717, 1.165) is 5.69 Å². The van der Waals surface area contributed by atoms with E-state index < -0.39 is 11.6 Å². The highest BCUT2D eigenvalue weighted by molar-refractivity contribution is 6.34. The second-order valence-electron chi connectivity index (χ2n) is 4.38. The average Bonchev–Trinajstić information content (AvgIpc) is 2.66. The van der Waals surface area contributed by atoms with Crippen LogP contribution in [0.2, 0.25) is 10.0 Å². The number of halogens is 3. The third kappa shape index (κ3) is 2.72. The molecule has 0 fully saturated rings. The summed E-state index contributed by atoms with van der Waals surface area (Å²) in [5.74, 6) is -1.04. The molecule has 0 spiro atoms. The third-order valence-corrected chi connectivity index (χ3v) is 3.82. The third-order valence-electron chi connectivity index (χ3n) is 3.07. The molecule has 1 heterocycles. The summed E-state index contributed by atoms with van der Waals surface area (Å²) < 4.78 is 15.3. The molecule has 0 aliphatic carbocycles. The Bertz CT molecular complexity index is 647. The lowest BCUT2D eigenvalue weighted by atomic mass is 10.1. The summed E-state index contributed by atoms with van der Waals surface area (Å²) in [6.45, 7) is 1.92. The highest BCUT2D eigenvalue weighted by Crippen LogP contribution is 2.25. The number of ketones is 1. The first-order chi connectivity index (χ1) is 9.45. The van der Waals surface area contributed by atoms with Crippen LogP contribution in [0.3, 0.4) is 0 Å². The number of carbonyl (C=O) groups is 1. The van der Waals surface area contributed by atoms with Gasteiger partial charge < -0.3 is 0 Å². The van der Waals surface area contributed by atoms with E-state index in [1.165, 1.54) is 18.2 Å². The fraction of sp³-hybridized carbons (Fsp3) is 0.286. The first-order valence-electron chi connectivity index (χ1n) is 6.13. The molecule has 1 aromatic carbocycles. The van der Waals surface area contributed by atoms with Crippen LogP contribution in [0, 0.1) is 5.82 Å². The predicted octanol–water partition coefficient (Wildman–Crippen LogP) is 3.85. The Kier molecular flexibility index (Phi) is 4.45. The van der Waals surface area contributed by atoms with Crippen LogP contribution < -0.4 is 0 Å². The number of benzene rings is 1. The first kappa shape index (κ1) is 15.0. The zero-order valence-corrected chi connectivity index (χ0v) is 12.6. The van der Waals surface area contributed by atoms with E-state index in [-0.39, 0.29) is 17.0 Å². The van der Waals surface area contributed by atoms with Crippen molar-refractivity contribution < 1.29 is 9.18 Å². The molecular formula is C14H13Cl2FN2O. The van der Waals surface area contributed by atoms with E-state index >= 15 is 0 Å². The summed E-state index contributed by atoms with van der Waals surface area (Å²) in [5, 5.41) is 4.78. The highest BCUT2D eigenvalue weighted by atomic mass is 35.5. The van der Waals surface area contributed by atoms with Gasteiger partial charge in [0.05, 0.1) is 33.4 Å². The molecule has 2 aromatic rings. The normalized spacial score (nSPS) is 10.8. The largest absolute Gasteiger partial charge is 0.294 e. The molecule has 2 rings (SSSR count). The smallest absolute Gasteiger partial charge is 0.173 e. The Morgan fingerprint density at radius 1 is 1.40 bits per heavy atom. The topological polar surface area (TPSA) is 34.9 Å². The number of hydrogen-bond acceptors (Lipinski definition) is 2. The number of rotatable bonds is 4. The molecule has 0 amide bonds. The summed E-state index contributed by atoms with van der Waals surface area (Å²) in [5.41, 5.74) is 1.17. The number of Topliss-reactive ketones (excluding diaryl/α,β-unsaturated/α-hetero) is 1. The van der Waals surface area contributed by atoms with Gasteiger partial charge in [-0.05, 0) is 18.6 Å². The van der Waals surface area contributed by atoms with E-state index in [1.54, 1.807) is 11.7 Å². The maximum atomic E-state index is 13.7. The SMILES string of the molecule is CCc1nn(C)c(CC(=O)c2c(F)cccc2Cl)c1Cl. The van der Waals surface area contributed by atoms with Gasteiger partial charge in [0.15, 0.2) is 5.78 Å². The molecule has 1 aromatic heterocycles. The Balaban J connectivity index is 2.36. The van der Waals surface area contributed by atoms with E-state index in [9.17, 15) is 9.18 Å². The van der Waals surface area contributed by atoms with Crippen molar-refractivity contribution in [1.29, 1.82) is 0 Å². The van der Waals surface area contributed by atoms with Crippen LogP contribution >= 0.6 is 23.2 Å². The molecule has 106 valence electrons. The Morgan fingerprint density at radius 2 is 2.10 bits per heavy atom. The van der Waals surface area contributed by atoms with Crippen molar-refractivity contribution in [3.8, 4) is 0 Å². The maximum absolute atomic E-state index is 13.7. The molecule has 0 bridgehead atoms. The fourth-order valence-corrected chi connectivity index (χ4v) is 2.65. The average molecular weight is 315 g/mol. The lowest BCUT2D eigenvalue weighted by molar-refractivity contribution is 0.0987. The van der Waals surface area contributed by atoms with Gasteiger partial charge in [-0.2, -0.15) is 5.10 Å². The van der Waals surface area contributed by atoms with Gasteiger partial charge >= 0.3 is 0 Å². The van der Waals surface area contributed by atoms with Gasteiger partial charge in [0.1, 0.15) is 5.82 Å². The molecule has 3 nitrogen and oxygen atoms in total. The van der Waals surface area contributed by atoms with E-state index in [1.807, 2.05) is 6.92 Å².